The van der Waals surface area contributed by atoms with Gasteiger partial charge in [0.1, 0.15) is 4.90 Å². The van der Waals surface area contributed by atoms with Crippen LogP contribution in [0.25, 0.3) is 0 Å². The Morgan fingerprint density at radius 1 is 0.773 bits per heavy atom. The molecule has 2 aromatic carbocycles. The zero-order valence-electron chi connectivity index (χ0n) is 11.5. The van der Waals surface area contributed by atoms with Gasteiger partial charge in [0.15, 0.2) is 23.3 Å². The zero-order valence-corrected chi connectivity index (χ0v) is 13.4. The Labute approximate surface area is 132 Å². The fourth-order valence-electron chi connectivity index (χ4n) is 1.79. The van der Waals surface area contributed by atoms with Crippen molar-refractivity contribution in [3.8, 4) is 0 Å². The molecule has 0 radical (unpaired) electrons. The van der Waals surface area contributed by atoms with E-state index in [1.807, 2.05) is 0 Å². The zero-order chi connectivity index (χ0) is 15.9. The third-order valence-electron chi connectivity index (χ3n) is 3.04. The quantitative estimate of drug-likeness (QED) is 0.608. The molecule has 0 atom stereocenters. The number of aryl methyl sites for hydroxylation is 1. The molecule has 0 aliphatic carbocycles. The standard InChI is InChI=1S/C14H10F4O2S.H2S/c1-7-3-5-9(6-4-7)21(19,20)14-12(17)10(15)8(2)11(16)13(14)18;/h3-6H,1-2H3;1H2. The molecule has 0 heterocycles. The molecule has 0 unspecified atom stereocenters. The van der Waals surface area contributed by atoms with Gasteiger partial charge in [-0.2, -0.15) is 13.5 Å². The number of hydrogen-bond donors (Lipinski definition) is 0. The van der Waals surface area contributed by atoms with Crippen molar-refractivity contribution in [3.63, 3.8) is 0 Å². The first kappa shape index (κ1) is 18.5. The van der Waals surface area contributed by atoms with Crippen molar-refractivity contribution in [2.24, 2.45) is 0 Å². The number of halogens is 4. The maximum absolute atomic E-state index is 13.8. The minimum atomic E-state index is -4.71. The summed E-state index contributed by atoms with van der Waals surface area (Å²) in [4.78, 5) is -2.07. The maximum atomic E-state index is 13.8. The third-order valence-corrected chi connectivity index (χ3v) is 4.83. The topological polar surface area (TPSA) is 34.1 Å². The van der Waals surface area contributed by atoms with Gasteiger partial charge in [-0.1, -0.05) is 17.7 Å². The summed E-state index contributed by atoms with van der Waals surface area (Å²) >= 11 is 0. The molecule has 2 aromatic rings. The fourth-order valence-corrected chi connectivity index (χ4v) is 3.17. The molecule has 0 aliphatic heterocycles. The van der Waals surface area contributed by atoms with Crippen LogP contribution in [0.1, 0.15) is 11.1 Å². The van der Waals surface area contributed by atoms with Gasteiger partial charge in [0.25, 0.3) is 0 Å². The van der Waals surface area contributed by atoms with Crippen LogP contribution < -0.4 is 0 Å². The van der Waals surface area contributed by atoms with Gasteiger partial charge < -0.3 is 0 Å². The molecular formula is C14H12F4O2S2. The second-order valence-corrected chi connectivity index (χ2v) is 6.41. The Balaban J connectivity index is 0.00000242. The number of rotatable bonds is 2. The Kier molecular flexibility index (Phi) is 5.30. The van der Waals surface area contributed by atoms with Crippen LogP contribution in [0.4, 0.5) is 17.6 Å². The van der Waals surface area contributed by atoms with Gasteiger partial charge in [-0.15, -0.1) is 0 Å². The normalized spacial score (nSPS) is 11.2. The van der Waals surface area contributed by atoms with Gasteiger partial charge in [0.2, 0.25) is 9.84 Å². The van der Waals surface area contributed by atoms with Crippen LogP contribution in [0.2, 0.25) is 0 Å². The smallest absolute Gasteiger partial charge is 0.212 e. The molecule has 8 heteroatoms. The predicted octanol–water partition coefficient (Wildman–Crippen LogP) is 3.81. The summed E-state index contributed by atoms with van der Waals surface area (Å²) in [6.45, 7) is 2.50. The number of benzene rings is 2. The van der Waals surface area contributed by atoms with E-state index < -0.39 is 48.5 Å². The Bertz CT molecular complexity index is 787. The number of hydrogen-bond acceptors (Lipinski definition) is 2. The molecule has 0 N–H and O–H groups in total. The molecule has 0 fully saturated rings. The van der Waals surface area contributed by atoms with Crippen LogP contribution in [-0.4, -0.2) is 8.42 Å². The molecule has 0 bridgehead atoms. The van der Waals surface area contributed by atoms with E-state index in [0.717, 1.165) is 24.6 Å². The minimum absolute atomic E-state index is 0. The van der Waals surface area contributed by atoms with Crippen molar-refractivity contribution in [2.75, 3.05) is 0 Å². The van der Waals surface area contributed by atoms with E-state index in [4.69, 9.17) is 0 Å². The molecule has 2 rings (SSSR count). The highest BCUT2D eigenvalue weighted by atomic mass is 32.2. The van der Waals surface area contributed by atoms with Crippen molar-refractivity contribution in [2.45, 2.75) is 23.6 Å². The second-order valence-electron chi connectivity index (χ2n) is 4.53. The van der Waals surface area contributed by atoms with E-state index >= 15 is 0 Å². The molecule has 120 valence electrons. The summed E-state index contributed by atoms with van der Waals surface area (Å²) in [5.74, 6) is -7.29. The summed E-state index contributed by atoms with van der Waals surface area (Å²) in [7, 11) is -4.71. The highest BCUT2D eigenvalue weighted by molar-refractivity contribution is 7.91. The predicted molar refractivity (Wildman–Crippen MR) is 78.0 cm³/mol. The lowest BCUT2D eigenvalue weighted by atomic mass is 10.2. The maximum Gasteiger partial charge on any atom is 0.212 e. The molecule has 0 amide bonds. The van der Waals surface area contributed by atoms with Crippen LogP contribution in [0.5, 0.6) is 0 Å². The second kappa shape index (κ2) is 6.29. The van der Waals surface area contributed by atoms with Crippen LogP contribution >= 0.6 is 13.5 Å². The van der Waals surface area contributed by atoms with E-state index in [2.05, 4.69) is 0 Å². The lowest BCUT2D eigenvalue weighted by molar-refractivity contribution is 0.412. The van der Waals surface area contributed by atoms with Gasteiger partial charge in [0.05, 0.1) is 4.90 Å². The van der Waals surface area contributed by atoms with E-state index in [-0.39, 0.29) is 13.5 Å². The van der Waals surface area contributed by atoms with Crippen molar-refractivity contribution in [1.29, 1.82) is 0 Å². The lowest BCUT2D eigenvalue weighted by Crippen LogP contribution is -2.12. The van der Waals surface area contributed by atoms with Gasteiger partial charge in [-0.25, -0.2) is 26.0 Å². The SMILES string of the molecule is Cc1ccc(S(=O)(=O)c2c(F)c(F)c(C)c(F)c2F)cc1.S. The van der Waals surface area contributed by atoms with Gasteiger partial charge in [-0.3, -0.25) is 0 Å². The van der Waals surface area contributed by atoms with E-state index in [9.17, 15) is 26.0 Å². The molecule has 0 aliphatic rings. The third kappa shape index (κ3) is 2.85. The fraction of sp³-hybridized carbons (Fsp3) is 0.143. The summed E-state index contributed by atoms with van der Waals surface area (Å²) in [6, 6.07) is 5.03. The summed E-state index contributed by atoms with van der Waals surface area (Å²) in [6.07, 6.45) is 0. The molecule has 0 spiro atoms. The first-order valence-corrected chi connectivity index (χ1v) is 7.30. The van der Waals surface area contributed by atoms with Crippen LogP contribution in [0, 0.1) is 37.1 Å². The average molecular weight is 352 g/mol. The van der Waals surface area contributed by atoms with Crippen LogP contribution in [0.3, 0.4) is 0 Å². The lowest BCUT2D eigenvalue weighted by Gasteiger charge is -2.10. The molecule has 0 saturated heterocycles. The largest absolute Gasteiger partial charge is 0.218 e. The summed E-state index contributed by atoms with van der Waals surface area (Å²) in [5.41, 5.74) is -0.191. The molecule has 2 nitrogen and oxygen atoms in total. The van der Waals surface area contributed by atoms with Crippen molar-refractivity contribution in [3.05, 3.63) is 58.7 Å². The average Bonchev–Trinajstić information content (AvgIpc) is 2.43. The first-order chi connectivity index (χ1) is 9.67. The van der Waals surface area contributed by atoms with Gasteiger partial charge in [0, 0.05) is 5.56 Å². The van der Waals surface area contributed by atoms with Crippen molar-refractivity contribution < 1.29 is 26.0 Å². The number of sulfone groups is 1. The van der Waals surface area contributed by atoms with Crippen molar-refractivity contribution >= 4 is 23.3 Å². The van der Waals surface area contributed by atoms with Gasteiger partial charge in [-0.05, 0) is 26.0 Å². The minimum Gasteiger partial charge on any atom is -0.218 e. The van der Waals surface area contributed by atoms with Gasteiger partial charge >= 0.3 is 0 Å². The first-order valence-electron chi connectivity index (χ1n) is 5.82. The Morgan fingerprint density at radius 3 is 1.59 bits per heavy atom. The Hall–Kier alpha value is -1.54. The van der Waals surface area contributed by atoms with Crippen LogP contribution in [-0.2, 0) is 9.84 Å². The highest BCUT2D eigenvalue weighted by Crippen LogP contribution is 2.31. The highest BCUT2D eigenvalue weighted by Gasteiger charge is 2.32. The van der Waals surface area contributed by atoms with E-state index in [1.165, 1.54) is 12.1 Å². The summed E-state index contributed by atoms with van der Waals surface area (Å²) < 4.78 is 79.0. The molecular weight excluding hydrogens is 340 g/mol. The monoisotopic (exact) mass is 352 g/mol. The molecule has 0 aromatic heterocycles. The van der Waals surface area contributed by atoms with E-state index in [0.29, 0.717) is 0 Å². The van der Waals surface area contributed by atoms with E-state index in [1.54, 1.807) is 6.92 Å². The molecule has 0 saturated carbocycles. The Morgan fingerprint density at radius 2 is 1.18 bits per heavy atom. The van der Waals surface area contributed by atoms with Crippen LogP contribution in [0.15, 0.2) is 34.1 Å². The van der Waals surface area contributed by atoms with Crippen molar-refractivity contribution in [1.82, 2.24) is 0 Å². The summed E-state index contributed by atoms with van der Waals surface area (Å²) in [5, 5.41) is 0. The molecule has 22 heavy (non-hydrogen) atoms.